The van der Waals surface area contributed by atoms with E-state index in [-0.39, 0.29) is 17.4 Å². The monoisotopic (exact) mass is 487 g/mol. The number of benzene rings is 4. The number of carbonyl (C=O) groups is 1. The van der Waals surface area contributed by atoms with E-state index < -0.39 is 5.54 Å². The summed E-state index contributed by atoms with van der Waals surface area (Å²) in [7, 11) is 1.97. The van der Waals surface area contributed by atoms with Crippen LogP contribution in [0.5, 0.6) is 23.0 Å². The number of rotatable bonds is 2. The Labute approximate surface area is 212 Å². The lowest BCUT2D eigenvalue weighted by Gasteiger charge is -2.41. The van der Waals surface area contributed by atoms with Crippen molar-refractivity contribution in [3.63, 3.8) is 0 Å². The number of hydrogen-bond donors (Lipinski definition) is 2. The van der Waals surface area contributed by atoms with Crippen molar-refractivity contribution in [3.05, 3.63) is 119 Å². The number of phenols is 2. The number of aromatic hydroxyl groups is 2. The van der Waals surface area contributed by atoms with Gasteiger partial charge in [-0.1, -0.05) is 36.4 Å². The lowest BCUT2D eigenvalue weighted by molar-refractivity contribution is 0.0675. The van der Waals surface area contributed by atoms with Gasteiger partial charge in [0.05, 0.1) is 6.21 Å². The topological polar surface area (TPSA) is 87.3 Å². The molecule has 0 aliphatic carbocycles. The molecule has 2 N–H and O–H groups in total. The lowest BCUT2D eigenvalue weighted by atomic mass is 9.75. The number of para-hydroxylation sites is 1. The smallest absolute Gasteiger partial charge is 0.275 e. The van der Waals surface area contributed by atoms with Gasteiger partial charge in [0.2, 0.25) is 0 Å². The molecule has 37 heavy (non-hydrogen) atoms. The van der Waals surface area contributed by atoms with Gasteiger partial charge < -0.3 is 19.5 Å². The number of amides is 1. The third kappa shape index (κ3) is 2.82. The number of carbonyl (C=O) groups excluding carboxylic acids is 1. The van der Waals surface area contributed by atoms with E-state index in [4.69, 9.17) is 9.84 Å². The van der Waals surface area contributed by atoms with Gasteiger partial charge >= 0.3 is 0 Å². The van der Waals surface area contributed by atoms with Crippen molar-refractivity contribution in [1.82, 2.24) is 9.58 Å². The van der Waals surface area contributed by atoms with Gasteiger partial charge in [-0.2, -0.15) is 5.10 Å². The van der Waals surface area contributed by atoms with Gasteiger partial charge in [-0.25, -0.2) is 5.01 Å². The molecule has 1 aromatic heterocycles. The first-order valence-corrected chi connectivity index (χ1v) is 11.9. The summed E-state index contributed by atoms with van der Waals surface area (Å²) in [5.74, 6) is 0.565. The maximum Gasteiger partial charge on any atom is 0.275 e. The maximum absolute atomic E-state index is 14.0. The van der Waals surface area contributed by atoms with Crippen molar-refractivity contribution >= 4 is 23.0 Å². The first-order valence-electron chi connectivity index (χ1n) is 11.9. The second-order valence-electron chi connectivity index (χ2n) is 9.29. The predicted octanol–water partition coefficient (Wildman–Crippen LogP) is 5.48. The molecule has 180 valence electrons. The van der Waals surface area contributed by atoms with Gasteiger partial charge in [0.15, 0.2) is 0 Å². The first-order chi connectivity index (χ1) is 18.0. The number of ether oxygens (including phenoxy) is 1. The number of phenolic OH excluding ortho intramolecular Hbond substituents is 2. The second kappa shape index (κ2) is 7.48. The van der Waals surface area contributed by atoms with E-state index in [1.807, 2.05) is 60.3 Å². The van der Waals surface area contributed by atoms with E-state index in [1.165, 1.54) is 17.1 Å². The van der Waals surface area contributed by atoms with Crippen LogP contribution in [0.2, 0.25) is 0 Å². The second-order valence-corrected chi connectivity index (χ2v) is 9.29. The molecule has 0 radical (unpaired) electrons. The van der Waals surface area contributed by atoms with Crippen molar-refractivity contribution in [2.45, 2.75) is 5.54 Å². The number of hydrazone groups is 1. The average molecular weight is 488 g/mol. The summed E-state index contributed by atoms with van der Waals surface area (Å²) in [6.45, 7) is 0. The number of fused-ring (bicyclic) bond motifs is 7. The molecule has 5 aromatic rings. The van der Waals surface area contributed by atoms with Crippen molar-refractivity contribution in [2.24, 2.45) is 12.1 Å². The van der Waals surface area contributed by atoms with Crippen molar-refractivity contribution in [3.8, 4) is 23.0 Å². The van der Waals surface area contributed by atoms with Gasteiger partial charge in [-0.15, -0.1) is 0 Å². The number of aryl methyl sites for hydroxylation is 1. The molecule has 0 saturated heterocycles. The number of nitrogens with zero attached hydrogens (tertiary/aromatic N) is 3. The summed E-state index contributed by atoms with van der Waals surface area (Å²) < 4.78 is 8.16. The molecule has 1 amide bonds. The Hall–Kier alpha value is -5.04. The molecule has 7 nitrogen and oxygen atoms in total. The summed E-state index contributed by atoms with van der Waals surface area (Å²) in [5.41, 5.74) is 3.37. The molecule has 1 spiro atoms. The summed E-state index contributed by atoms with van der Waals surface area (Å²) in [6.07, 6.45) is 3.69. The van der Waals surface area contributed by atoms with Crippen LogP contribution in [0.1, 0.15) is 32.6 Å². The highest BCUT2D eigenvalue weighted by Crippen LogP contribution is 2.58. The normalized spacial score (nSPS) is 15.2. The quantitative estimate of drug-likeness (QED) is 0.323. The predicted molar refractivity (Wildman–Crippen MR) is 139 cm³/mol. The summed E-state index contributed by atoms with van der Waals surface area (Å²) in [5, 5.41) is 27.9. The minimum absolute atomic E-state index is 0.0286. The third-order valence-electron chi connectivity index (χ3n) is 7.23. The van der Waals surface area contributed by atoms with Crippen LogP contribution in [0.3, 0.4) is 0 Å². The highest BCUT2D eigenvalue weighted by Gasteiger charge is 2.57. The van der Waals surface area contributed by atoms with E-state index in [0.717, 1.165) is 22.0 Å². The van der Waals surface area contributed by atoms with E-state index in [0.29, 0.717) is 28.2 Å². The summed E-state index contributed by atoms with van der Waals surface area (Å²) in [6, 6.07) is 25.2. The number of hydrogen-bond acceptors (Lipinski definition) is 5. The average Bonchev–Trinajstić information content (AvgIpc) is 3.35. The molecule has 4 aromatic carbocycles. The zero-order valence-electron chi connectivity index (χ0n) is 19.8. The Morgan fingerprint density at radius 1 is 0.838 bits per heavy atom. The minimum atomic E-state index is -1.17. The highest BCUT2D eigenvalue weighted by molar-refractivity contribution is 6.04. The van der Waals surface area contributed by atoms with Crippen LogP contribution in [0.25, 0.3) is 10.9 Å². The fraction of sp³-hybridized carbons (Fsp3) is 0.0667. The van der Waals surface area contributed by atoms with Crippen LogP contribution >= 0.6 is 0 Å². The Balaban J connectivity index is 1.53. The Kier molecular flexibility index (Phi) is 4.30. The minimum Gasteiger partial charge on any atom is -0.508 e. The fourth-order valence-corrected chi connectivity index (χ4v) is 5.67. The molecule has 0 bridgehead atoms. The van der Waals surface area contributed by atoms with Crippen molar-refractivity contribution in [1.29, 1.82) is 0 Å². The Morgan fingerprint density at radius 3 is 2.22 bits per heavy atom. The van der Waals surface area contributed by atoms with Gasteiger partial charge in [0.25, 0.3) is 5.91 Å². The third-order valence-corrected chi connectivity index (χ3v) is 7.23. The fourth-order valence-electron chi connectivity index (χ4n) is 5.67. The lowest BCUT2D eigenvalue weighted by Crippen LogP contribution is -2.44. The molecule has 0 saturated carbocycles. The van der Waals surface area contributed by atoms with Crippen LogP contribution in [-0.4, -0.2) is 31.9 Å². The zero-order chi connectivity index (χ0) is 25.3. The van der Waals surface area contributed by atoms with Crippen LogP contribution in [0.15, 0.2) is 96.2 Å². The molecule has 2 aliphatic heterocycles. The van der Waals surface area contributed by atoms with E-state index in [2.05, 4.69) is 0 Å². The molecular formula is C30H21N3O4. The number of aromatic nitrogens is 1. The molecular weight excluding hydrogens is 466 g/mol. The molecule has 7 heteroatoms. The van der Waals surface area contributed by atoms with Crippen LogP contribution in [-0.2, 0) is 12.6 Å². The zero-order valence-corrected chi connectivity index (χ0v) is 19.8. The van der Waals surface area contributed by atoms with Crippen LogP contribution in [0.4, 0.5) is 0 Å². The highest BCUT2D eigenvalue weighted by atomic mass is 16.5. The van der Waals surface area contributed by atoms with Crippen LogP contribution in [0, 0.1) is 0 Å². The molecule has 0 atom stereocenters. The van der Waals surface area contributed by atoms with E-state index >= 15 is 0 Å². The Bertz CT molecular complexity index is 1730. The molecule has 2 aliphatic rings. The van der Waals surface area contributed by atoms with Gasteiger partial charge in [0, 0.05) is 64.1 Å². The van der Waals surface area contributed by atoms with Crippen molar-refractivity contribution < 1.29 is 19.7 Å². The SMILES string of the molecule is Cn1cc(/C=N/N2C(=O)c3ccccc3C23c2ccc(O)cc2Oc2cc(O)ccc23)c2ccccc21. The summed E-state index contributed by atoms with van der Waals surface area (Å²) in [4.78, 5) is 14.0. The largest absolute Gasteiger partial charge is 0.508 e. The van der Waals surface area contributed by atoms with E-state index in [9.17, 15) is 15.0 Å². The van der Waals surface area contributed by atoms with Gasteiger partial charge in [-0.05, 0) is 36.4 Å². The van der Waals surface area contributed by atoms with Crippen LogP contribution < -0.4 is 4.74 Å². The first kappa shape index (κ1) is 21.3. The standard InChI is InChI=1S/C30H21N3O4/c1-32-17-18(21-6-3-5-9-26(21)32)16-31-33-29(36)22-7-2-4-8-23(22)30(33)24-12-10-19(34)14-27(24)37-28-15-20(35)11-13-25(28)30/h2-17,34-35H,1H3/b31-16+. The molecule has 3 heterocycles. The molecule has 7 rings (SSSR count). The Morgan fingerprint density at radius 2 is 1.49 bits per heavy atom. The van der Waals surface area contributed by atoms with Crippen molar-refractivity contribution in [2.75, 3.05) is 0 Å². The van der Waals surface area contributed by atoms with Gasteiger partial charge in [-0.3, -0.25) is 4.79 Å². The molecule has 0 fully saturated rings. The van der Waals surface area contributed by atoms with E-state index in [1.54, 1.807) is 36.5 Å². The molecule has 0 unspecified atom stereocenters. The summed E-state index contributed by atoms with van der Waals surface area (Å²) >= 11 is 0. The van der Waals surface area contributed by atoms with Gasteiger partial charge in [0.1, 0.15) is 28.5 Å². The maximum atomic E-state index is 14.0.